The second-order valence-corrected chi connectivity index (χ2v) is 6.43. The number of benzene rings is 2. The van der Waals surface area contributed by atoms with E-state index in [1.54, 1.807) is 24.3 Å². The third-order valence-corrected chi connectivity index (χ3v) is 3.77. The first-order valence-corrected chi connectivity index (χ1v) is 8.81. The van der Waals surface area contributed by atoms with Gasteiger partial charge in [-0.05, 0) is 62.2 Å². The Kier molecular flexibility index (Phi) is 7.14. The standard InChI is InChI=1S/C20H24ClNO3/c1-4-19(25-18-11-7-16(21)8-12-18)20(23)22-13-15-5-9-17(10-6-15)24-14(2)3/h5-12,14,19H,4,13H2,1-3H3,(H,22,23)/t19-/m0/s1. The summed E-state index contributed by atoms with van der Waals surface area (Å²) in [5, 5.41) is 3.55. The number of hydrogen-bond donors (Lipinski definition) is 1. The minimum Gasteiger partial charge on any atom is -0.491 e. The topological polar surface area (TPSA) is 47.6 Å². The Morgan fingerprint density at radius 2 is 1.56 bits per heavy atom. The van der Waals surface area contributed by atoms with E-state index in [9.17, 15) is 4.79 Å². The maximum Gasteiger partial charge on any atom is 0.261 e. The predicted octanol–water partition coefficient (Wildman–Crippen LogP) is 4.60. The fourth-order valence-corrected chi connectivity index (χ4v) is 2.39. The lowest BCUT2D eigenvalue weighted by atomic mass is 10.2. The van der Waals surface area contributed by atoms with E-state index < -0.39 is 6.10 Å². The molecule has 0 spiro atoms. The zero-order valence-corrected chi connectivity index (χ0v) is 15.5. The van der Waals surface area contributed by atoms with Crippen molar-refractivity contribution in [2.45, 2.75) is 45.9 Å². The van der Waals surface area contributed by atoms with Crippen LogP contribution in [0.25, 0.3) is 0 Å². The molecule has 0 aromatic heterocycles. The number of hydrogen-bond acceptors (Lipinski definition) is 3. The van der Waals surface area contributed by atoms with Crippen molar-refractivity contribution in [3.05, 3.63) is 59.1 Å². The highest BCUT2D eigenvalue weighted by molar-refractivity contribution is 6.30. The van der Waals surface area contributed by atoms with E-state index in [2.05, 4.69) is 5.32 Å². The van der Waals surface area contributed by atoms with Crippen LogP contribution in [0.15, 0.2) is 48.5 Å². The van der Waals surface area contributed by atoms with E-state index in [0.29, 0.717) is 23.7 Å². The van der Waals surface area contributed by atoms with Gasteiger partial charge in [-0.25, -0.2) is 0 Å². The van der Waals surface area contributed by atoms with Crippen molar-refractivity contribution in [3.8, 4) is 11.5 Å². The number of amides is 1. The van der Waals surface area contributed by atoms with Gasteiger partial charge in [0, 0.05) is 11.6 Å². The first kappa shape index (κ1) is 19.1. The second kappa shape index (κ2) is 9.33. The van der Waals surface area contributed by atoms with Crippen LogP contribution in [0.3, 0.4) is 0 Å². The Morgan fingerprint density at radius 3 is 2.12 bits per heavy atom. The highest BCUT2D eigenvalue weighted by Gasteiger charge is 2.18. The highest BCUT2D eigenvalue weighted by atomic mass is 35.5. The fourth-order valence-electron chi connectivity index (χ4n) is 2.26. The van der Waals surface area contributed by atoms with Crippen molar-refractivity contribution in [1.82, 2.24) is 5.32 Å². The van der Waals surface area contributed by atoms with Crippen LogP contribution in [0.5, 0.6) is 11.5 Å². The van der Waals surface area contributed by atoms with Gasteiger partial charge in [0.05, 0.1) is 6.10 Å². The van der Waals surface area contributed by atoms with E-state index in [-0.39, 0.29) is 12.0 Å². The Labute approximate surface area is 154 Å². The van der Waals surface area contributed by atoms with Crippen molar-refractivity contribution in [2.75, 3.05) is 0 Å². The molecular formula is C20H24ClNO3. The molecule has 5 heteroatoms. The maximum atomic E-state index is 12.3. The molecule has 1 atom stereocenters. The average Bonchev–Trinajstić information content (AvgIpc) is 2.60. The Morgan fingerprint density at radius 1 is 1.00 bits per heavy atom. The van der Waals surface area contributed by atoms with E-state index in [1.807, 2.05) is 45.0 Å². The third kappa shape index (κ3) is 6.31. The summed E-state index contributed by atoms with van der Waals surface area (Å²) in [4.78, 5) is 12.3. The van der Waals surface area contributed by atoms with Crippen LogP contribution in [0.1, 0.15) is 32.8 Å². The lowest BCUT2D eigenvalue weighted by Gasteiger charge is -2.17. The molecule has 0 saturated heterocycles. The molecule has 0 unspecified atom stereocenters. The van der Waals surface area contributed by atoms with Gasteiger partial charge >= 0.3 is 0 Å². The maximum absolute atomic E-state index is 12.3. The zero-order chi connectivity index (χ0) is 18.2. The van der Waals surface area contributed by atoms with Gasteiger partial charge in [-0.15, -0.1) is 0 Å². The molecular weight excluding hydrogens is 338 g/mol. The molecule has 1 amide bonds. The van der Waals surface area contributed by atoms with Gasteiger partial charge in [-0.2, -0.15) is 0 Å². The molecule has 25 heavy (non-hydrogen) atoms. The smallest absolute Gasteiger partial charge is 0.261 e. The van der Waals surface area contributed by atoms with E-state index in [4.69, 9.17) is 21.1 Å². The molecule has 0 aliphatic heterocycles. The molecule has 1 N–H and O–H groups in total. The van der Waals surface area contributed by atoms with Crippen molar-refractivity contribution >= 4 is 17.5 Å². The van der Waals surface area contributed by atoms with E-state index >= 15 is 0 Å². The summed E-state index contributed by atoms with van der Waals surface area (Å²) in [6.07, 6.45) is 0.181. The summed E-state index contributed by atoms with van der Waals surface area (Å²) in [6.45, 7) is 6.33. The summed E-state index contributed by atoms with van der Waals surface area (Å²) in [7, 11) is 0. The van der Waals surface area contributed by atoms with E-state index in [0.717, 1.165) is 11.3 Å². The highest BCUT2D eigenvalue weighted by Crippen LogP contribution is 2.18. The lowest BCUT2D eigenvalue weighted by Crippen LogP contribution is -2.37. The summed E-state index contributed by atoms with van der Waals surface area (Å²) < 4.78 is 11.3. The van der Waals surface area contributed by atoms with Crippen LogP contribution in [-0.4, -0.2) is 18.1 Å². The largest absolute Gasteiger partial charge is 0.491 e. The van der Waals surface area contributed by atoms with Gasteiger partial charge in [0.25, 0.3) is 5.91 Å². The quantitative estimate of drug-likeness (QED) is 0.747. The molecule has 0 saturated carbocycles. The summed E-state index contributed by atoms with van der Waals surface area (Å²) in [5.41, 5.74) is 1.01. The van der Waals surface area contributed by atoms with Crippen molar-refractivity contribution in [1.29, 1.82) is 0 Å². The number of ether oxygens (including phenoxy) is 2. The van der Waals surface area contributed by atoms with Crippen molar-refractivity contribution in [3.63, 3.8) is 0 Å². The molecule has 134 valence electrons. The first-order valence-electron chi connectivity index (χ1n) is 8.43. The number of carbonyl (C=O) groups excluding carboxylic acids is 1. The minimum atomic E-state index is -0.537. The molecule has 2 rings (SSSR count). The SMILES string of the molecule is CC[C@H](Oc1ccc(Cl)cc1)C(=O)NCc1ccc(OC(C)C)cc1. The molecule has 2 aromatic carbocycles. The van der Waals surface area contributed by atoms with Crippen molar-refractivity contribution < 1.29 is 14.3 Å². The Hall–Kier alpha value is -2.20. The van der Waals surface area contributed by atoms with Crippen molar-refractivity contribution in [2.24, 2.45) is 0 Å². The molecule has 2 aromatic rings. The number of nitrogens with one attached hydrogen (secondary N) is 1. The molecule has 0 radical (unpaired) electrons. The number of halogens is 1. The molecule has 0 aliphatic carbocycles. The van der Waals surface area contributed by atoms with Gasteiger partial charge in [-0.3, -0.25) is 4.79 Å². The molecule has 0 bridgehead atoms. The molecule has 0 fully saturated rings. The minimum absolute atomic E-state index is 0.139. The first-order chi connectivity index (χ1) is 12.0. The van der Waals surface area contributed by atoms with Crippen LogP contribution in [0.2, 0.25) is 5.02 Å². The van der Waals surface area contributed by atoms with Crippen LogP contribution in [-0.2, 0) is 11.3 Å². The molecule has 0 aliphatic rings. The summed E-state index contributed by atoms with van der Waals surface area (Å²) in [6, 6.07) is 14.7. The number of rotatable bonds is 8. The Balaban J connectivity index is 1.87. The van der Waals surface area contributed by atoms with Gasteiger partial charge in [-0.1, -0.05) is 30.7 Å². The summed E-state index contributed by atoms with van der Waals surface area (Å²) >= 11 is 5.86. The average molecular weight is 362 g/mol. The Bertz CT molecular complexity index is 668. The molecule has 0 heterocycles. The lowest BCUT2D eigenvalue weighted by molar-refractivity contribution is -0.128. The zero-order valence-electron chi connectivity index (χ0n) is 14.8. The number of carbonyl (C=O) groups is 1. The van der Waals surface area contributed by atoms with Gasteiger partial charge in [0.2, 0.25) is 0 Å². The van der Waals surface area contributed by atoms with Crippen LogP contribution in [0.4, 0.5) is 0 Å². The monoisotopic (exact) mass is 361 g/mol. The fraction of sp³-hybridized carbons (Fsp3) is 0.350. The predicted molar refractivity (Wildman–Crippen MR) is 100 cm³/mol. The van der Waals surface area contributed by atoms with Crippen LogP contribution >= 0.6 is 11.6 Å². The molecule has 4 nitrogen and oxygen atoms in total. The van der Waals surface area contributed by atoms with Crippen LogP contribution in [0, 0.1) is 0 Å². The summed E-state index contributed by atoms with van der Waals surface area (Å²) in [5.74, 6) is 1.31. The normalized spacial score (nSPS) is 11.9. The van der Waals surface area contributed by atoms with Gasteiger partial charge in [0.1, 0.15) is 11.5 Å². The third-order valence-electron chi connectivity index (χ3n) is 3.52. The second-order valence-electron chi connectivity index (χ2n) is 6.00. The van der Waals surface area contributed by atoms with Gasteiger partial charge < -0.3 is 14.8 Å². The van der Waals surface area contributed by atoms with Crippen LogP contribution < -0.4 is 14.8 Å². The van der Waals surface area contributed by atoms with Gasteiger partial charge in [0.15, 0.2) is 6.10 Å². The van der Waals surface area contributed by atoms with E-state index in [1.165, 1.54) is 0 Å².